The Bertz CT molecular complexity index is 647. The molecule has 1 aromatic heterocycles. The maximum Gasteiger partial charge on any atom is 0.191 e. The van der Waals surface area contributed by atoms with Crippen LogP contribution in [0.1, 0.15) is 23.7 Å². The van der Waals surface area contributed by atoms with Gasteiger partial charge in [0.2, 0.25) is 0 Å². The molecule has 0 amide bonds. The van der Waals surface area contributed by atoms with Gasteiger partial charge in [-0.15, -0.1) is 24.0 Å². The van der Waals surface area contributed by atoms with Crippen molar-refractivity contribution in [3.63, 3.8) is 0 Å². The van der Waals surface area contributed by atoms with Crippen LogP contribution in [0.5, 0.6) is 5.75 Å². The fourth-order valence-electron chi connectivity index (χ4n) is 2.17. The zero-order valence-electron chi connectivity index (χ0n) is 14.4. The van der Waals surface area contributed by atoms with Crippen molar-refractivity contribution in [2.45, 2.75) is 26.9 Å². The van der Waals surface area contributed by atoms with Crippen molar-refractivity contribution in [2.24, 2.45) is 4.99 Å². The molecule has 0 aliphatic rings. The topological polar surface area (TPSA) is 58.5 Å². The summed E-state index contributed by atoms with van der Waals surface area (Å²) >= 11 is 0. The van der Waals surface area contributed by atoms with Crippen molar-refractivity contribution < 1.29 is 4.74 Å². The Hall–Kier alpha value is -1.83. The largest absolute Gasteiger partial charge is 0.494 e. The lowest BCUT2D eigenvalue weighted by atomic mass is 10.1. The Morgan fingerprint density at radius 1 is 1.17 bits per heavy atom. The van der Waals surface area contributed by atoms with Gasteiger partial charge in [-0.2, -0.15) is 0 Å². The van der Waals surface area contributed by atoms with Crippen molar-refractivity contribution in [2.75, 3.05) is 13.7 Å². The molecule has 1 aromatic carbocycles. The van der Waals surface area contributed by atoms with Crippen LogP contribution in [0.3, 0.4) is 0 Å². The average molecular weight is 440 g/mol. The lowest BCUT2D eigenvalue weighted by Crippen LogP contribution is -2.36. The van der Waals surface area contributed by atoms with Crippen LogP contribution in [0.2, 0.25) is 0 Å². The lowest BCUT2D eigenvalue weighted by molar-refractivity contribution is 0.336. The number of hydrogen-bond acceptors (Lipinski definition) is 3. The molecule has 0 saturated heterocycles. The summed E-state index contributed by atoms with van der Waals surface area (Å²) in [6.07, 6.45) is 1.79. The van der Waals surface area contributed by atoms with E-state index in [-0.39, 0.29) is 24.0 Å². The van der Waals surface area contributed by atoms with E-state index in [2.05, 4.69) is 45.7 Å². The Balaban J connectivity index is 0.00000288. The van der Waals surface area contributed by atoms with Crippen LogP contribution < -0.4 is 15.4 Å². The smallest absolute Gasteiger partial charge is 0.191 e. The number of pyridine rings is 1. The van der Waals surface area contributed by atoms with Crippen molar-refractivity contribution >= 4 is 29.9 Å². The van der Waals surface area contributed by atoms with E-state index in [0.29, 0.717) is 19.7 Å². The molecule has 2 rings (SSSR count). The number of aromatic nitrogens is 1. The first-order chi connectivity index (χ1) is 11.2. The molecule has 6 heteroatoms. The van der Waals surface area contributed by atoms with Crippen molar-refractivity contribution in [1.29, 1.82) is 0 Å². The number of benzene rings is 1. The van der Waals surface area contributed by atoms with E-state index in [1.807, 2.05) is 25.1 Å². The second kappa shape index (κ2) is 10.9. The molecule has 0 spiro atoms. The summed E-state index contributed by atoms with van der Waals surface area (Å²) in [6.45, 7) is 5.99. The third-order valence-corrected chi connectivity index (χ3v) is 3.36. The number of nitrogens with one attached hydrogen (secondary N) is 2. The third kappa shape index (κ3) is 6.35. The SMILES string of the molecule is CCOc1cc(C)ccc1CNC(=NC)NCc1ccccn1.I. The molecule has 5 nitrogen and oxygen atoms in total. The number of ether oxygens (including phenoxy) is 1. The van der Waals surface area contributed by atoms with E-state index in [9.17, 15) is 0 Å². The second-order valence-electron chi connectivity index (χ2n) is 5.14. The number of guanidine groups is 1. The summed E-state index contributed by atoms with van der Waals surface area (Å²) in [7, 11) is 1.76. The highest BCUT2D eigenvalue weighted by molar-refractivity contribution is 14.0. The van der Waals surface area contributed by atoms with Crippen LogP contribution in [0.15, 0.2) is 47.6 Å². The Morgan fingerprint density at radius 2 is 1.96 bits per heavy atom. The van der Waals surface area contributed by atoms with Gasteiger partial charge in [-0.25, -0.2) is 0 Å². The summed E-state index contributed by atoms with van der Waals surface area (Å²) in [5.74, 6) is 1.65. The molecule has 24 heavy (non-hydrogen) atoms. The highest BCUT2D eigenvalue weighted by atomic mass is 127. The van der Waals surface area contributed by atoms with Crippen molar-refractivity contribution in [3.8, 4) is 5.75 Å². The van der Waals surface area contributed by atoms with Gasteiger partial charge in [0.15, 0.2) is 5.96 Å². The standard InChI is InChI=1S/C18H24N4O.HI/c1-4-23-17-11-14(2)8-9-15(17)12-21-18(19-3)22-13-16-7-5-6-10-20-16;/h5-11H,4,12-13H2,1-3H3,(H2,19,21,22);1H. The fraction of sp³-hybridized carbons (Fsp3) is 0.333. The molecular weight excluding hydrogens is 415 g/mol. The highest BCUT2D eigenvalue weighted by Crippen LogP contribution is 2.20. The summed E-state index contributed by atoms with van der Waals surface area (Å²) in [5, 5.41) is 6.56. The van der Waals surface area contributed by atoms with Crippen LogP contribution >= 0.6 is 24.0 Å². The van der Waals surface area contributed by atoms with Gasteiger partial charge in [0.25, 0.3) is 0 Å². The van der Waals surface area contributed by atoms with Crippen molar-refractivity contribution in [1.82, 2.24) is 15.6 Å². The number of rotatable bonds is 6. The molecule has 0 aliphatic carbocycles. The second-order valence-corrected chi connectivity index (χ2v) is 5.14. The van der Waals surface area contributed by atoms with Crippen LogP contribution in [0.4, 0.5) is 0 Å². The minimum atomic E-state index is 0. The molecule has 2 aromatic rings. The lowest BCUT2D eigenvalue weighted by Gasteiger charge is -2.14. The van der Waals surface area contributed by atoms with E-state index < -0.39 is 0 Å². The number of nitrogens with zero attached hydrogens (tertiary/aromatic N) is 2. The number of aliphatic imine (C=N–C) groups is 1. The van der Waals surface area contributed by atoms with E-state index in [4.69, 9.17) is 4.74 Å². The van der Waals surface area contributed by atoms with Gasteiger partial charge in [-0.05, 0) is 37.6 Å². The zero-order chi connectivity index (χ0) is 16.5. The first-order valence-corrected chi connectivity index (χ1v) is 7.79. The molecule has 0 aliphatic heterocycles. The summed E-state index contributed by atoms with van der Waals surface area (Å²) in [4.78, 5) is 8.52. The molecule has 0 unspecified atom stereocenters. The van der Waals surface area contributed by atoms with E-state index in [0.717, 1.165) is 23.0 Å². The minimum Gasteiger partial charge on any atom is -0.494 e. The first kappa shape index (κ1) is 20.2. The molecule has 0 radical (unpaired) electrons. The third-order valence-electron chi connectivity index (χ3n) is 3.36. The molecular formula is C18H25IN4O. The van der Waals surface area contributed by atoms with Gasteiger partial charge in [0.05, 0.1) is 18.8 Å². The van der Waals surface area contributed by atoms with E-state index in [1.165, 1.54) is 5.56 Å². The van der Waals surface area contributed by atoms with Crippen LogP contribution in [-0.4, -0.2) is 24.6 Å². The minimum absolute atomic E-state index is 0. The Kier molecular flexibility index (Phi) is 9.14. The van der Waals surface area contributed by atoms with Crippen LogP contribution in [0, 0.1) is 6.92 Å². The Morgan fingerprint density at radius 3 is 2.62 bits per heavy atom. The maximum absolute atomic E-state index is 5.70. The van der Waals surface area contributed by atoms with E-state index in [1.54, 1.807) is 13.2 Å². The number of aryl methyl sites for hydroxylation is 1. The van der Waals surface area contributed by atoms with Gasteiger partial charge in [-0.1, -0.05) is 18.2 Å². The number of halogens is 1. The van der Waals surface area contributed by atoms with Gasteiger partial charge < -0.3 is 15.4 Å². The quantitative estimate of drug-likeness (QED) is 0.411. The van der Waals surface area contributed by atoms with Crippen molar-refractivity contribution in [3.05, 3.63) is 59.4 Å². The summed E-state index contributed by atoms with van der Waals surface area (Å²) in [5.41, 5.74) is 3.27. The molecule has 1 heterocycles. The molecule has 0 bridgehead atoms. The van der Waals surface area contributed by atoms with Gasteiger partial charge >= 0.3 is 0 Å². The number of hydrogen-bond donors (Lipinski definition) is 2. The summed E-state index contributed by atoms with van der Waals surface area (Å²) in [6, 6.07) is 12.1. The average Bonchev–Trinajstić information content (AvgIpc) is 2.58. The predicted octanol–water partition coefficient (Wildman–Crippen LogP) is 3.27. The molecule has 0 fully saturated rings. The highest BCUT2D eigenvalue weighted by Gasteiger charge is 2.05. The molecule has 130 valence electrons. The van der Waals surface area contributed by atoms with Gasteiger partial charge in [0.1, 0.15) is 5.75 Å². The monoisotopic (exact) mass is 440 g/mol. The summed E-state index contributed by atoms with van der Waals surface area (Å²) < 4.78 is 5.70. The van der Waals surface area contributed by atoms with Gasteiger partial charge in [0, 0.05) is 25.4 Å². The zero-order valence-corrected chi connectivity index (χ0v) is 16.7. The van der Waals surface area contributed by atoms with E-state index >= 15 is 0 Å². The molecule has 0 atom stereocenters. The fourth-order valence-corrected chi connectivity index (χ4v) is 2.17. The van der Waals surface area contributed by atoms with Crippen LogP contribution in [-0.2, 0) is 13.1 Å². The predicted molar refractivity (Wildman–Crippen MR) is 109 cm³/mol. The normalized spacial score (nSPS) is 10.7. The van der Waals surface area contributed by atoms with Crippen LogP contribution in [0.25, 0.3) is 0 Å². The maximum atomic E-state index is 5.70. The molecule has 2 N–H and O–H groups in total. The van der Waals surface area contributed by atoms with Gasteiger partial charge in [-0.3, -0.25) is 9.98 Å². The first-order valence-electron chi connectivity index (χ1n) is 7.79. The Labute approximate surface area is 161 Å². The molecule has 0 saturated carbocycles.